The number of aryl methyl sites for hydroxylation is 1. The van der Waals surface area contributed by atoms with Crippen LogP contribution in [0, 0.1) is 12.8 Å². The maximum absolute atomic E-state index is 12.4. The monoisotopic (exact) mass is 275 g/mol. The summed E-state index contributed by atoms with van der Waals surface area (Å²) in [7, 11) is 1.80. The number of nitrogens with zero attached hydrogens (tertiary/aromatic N) is 1. The third kappa shape index (κ3) is 3.38. The van der Waals surface area contributed by atoms with E-state index in [1.807, 2.05) is 0 Å². The minimum atomic E-state index is -0.999. The summed E-state index contributed by atoms with van der Waals surface area (Å²) >= 11 is 0. The van der Waals surface area contributed by atoms with E-state index in [4.69, 9.17) is 5.11 Å². The van der Waals surface area contributed by atoms with Crippen LogP contribution in [0.3, 0.4) is 0 Å². The summed E-state index contributed by atoms with van der Waals surface area (Å²) in [6, 6.07) is 4.79. The summed E-state index contributed by atoms with van der Waals surface area (Å²) < 4.78 is 0. The van der Waals surface area contributed by atoms with Crippen molar-refractivity contribution in [3.8, 4) is 0 Å². The molecule has 1 aliphatic carbocycles. The van der Waals surface area contributed by atoms with Crippen LogP contribution in [0.2, 0.25) is 0 Å². The quantitative estimate of drug-likeness (QED) is 0.919. The van der Waals surface area contributed by atoms with E-state index in [-0.39, 0.29) is 11.5 Å². The van der Waals surface area contributed by atoms with E-state index in [0.29, 0.717) is 11.5 Å². The molecule has 4 nitrogen and oxygen atoms in total. The van der Waals surface area contributed by atoms with Gasteiger partial charge in [-0.25, -0.2) is 4.79 Å². The molecule has 0 radical (unpaired) electrons. The second-order valence-corrected chi connectivity index (χ2v) is 5.73. The van der Waals surface area contributed by atoms with Crippen LogP contribution in [0.5, 0.6) is 0 Å². The molecule has 1 saturated carbocycles. The number of carboxylic acid groups (broad SMARTS) is 1. The summed E-state index contributed by atoms with van der Waals surface area (Å²) in [6.45, 7) is 2.56. The largest absolute Gasteiger partial charge is 0.478 e. The fraction of sp³-hybridized carbons (Fsp3) is 0.500. The minimum absolute atomic E-state index is 0.0944. The SMILES string of the molecule is Cc1cc(C(=O)O)cc(C(=O)N(C)CC2CCCC2)c1. The summed E-state index contributed by atoms with van der Waals surface area (Å²) in [5, 5.41) is 9.06. The van der Waals surface area contributed by atoms with Gasteiger partial charge in [-0.3, -0.25) is 4.79 Å². The Bertz CT molecular complexity index is 518. The van der Waals surface area contributed by atoms with E-state index >= 15 is 0 Å². The normalized spacial score (nSPS) is 15.3. The van der Waals surface area contributed by atoms with E-state index in [1.54, 1.807) is 31.0 Å². The van der Waals surface area contributed by atoms with Crippen LogP contribution >= 0.6 is 0 Å². The van der Waals surface area contributed by atoms with Crippen molar-refractivity contribution in [3.63, 3.8) is 0 Å². The van der Waals surface area contributed by atoms with Crippen LogP contribution in [-0.4, -0.2) is 35.5 Å². The van der Waals surface area contributed by atoms with Crippen molar-refractivity contribution in [1.29, 1.82) is 0 Å². The molecule has 1 N–H and O–H groups in total. The number of rotatable bonds is 4. The molecule has 0 aliphatic heterocycles. The lowest BCUT2D eigenvalue weighted by Gasteiger charge is -2.21. The average Bonchev–Trinajstić information content (AvgIpc) is 2.89. The number of amides is 1. The van der Waals surface area contributed by atoms with Gasteiger partial charge in [0.15, 0.2) is 0 Å². The topological polar surface area (TPSA) is 57.6 Å². The zero-order valence-corrected chi connectivity index (χ0v) is 12.1. The van der Waals surface area contributed by atoms with Gasteiger partial charge in [0.1, 0.15) is 0 Å². The fourth-order valence-electron chi connectivity index (χ4n) is 2.91. The summed E-state index contributed by atoms with van der Waals surface area (Å²) in [6.07, 6.45) is 4.87. The van der Waals surface area contributed by atoms with Crippen LogP contribution in [0.15, 0.2) is 18.2 Å². The Morgan fingerprint density at radius 3 is 2.40 bits per heavy atom. The van der Waals surface area contributed by atoms with Gasteiger partial charge in [-0.2, -0.15) is 0 Å². The maximum Gasteiger partial charge on any atom is 0.335 e. The third-order valence-corrected chi connectivity index (χ3v) is 3.92. The van der Waals surface area contributed by atoms with Crippen molar-refractivity contribution in [2.24, 2.45) is 5.92 Å². The van der Waals surface area contributed by atoms with Crippen molar-refractivity contribution in [2.75, 3.05) is 13.6 Å². The highest BCUT2D eigenvalue weighted by Crippen LogP contribution is 2.25. The van der Waals surface area contributed by atoms with Crippen LogP contribution < -0.4 is 0 Å². The lowest BCUT2D eigenvalue weighted by atomic mass is 10.0. The molecule has 4 heteroatoms. The molecule has 1 amide bonds. The Hall–Kier alpha value is -1.84. The first kappa shape index (κ1) is 14.6. The van der Waals surface area contributed by atoms with E-state index in [0.717, 1.165) is 12.1 Å². The Balaban J connectivity index is 2.13. The van der Waals surface area contributed by atoms with E-state index in [2.05, 4.69) is 0 Å². The smallest absolute Gasteiger partial charge is 0.335 e. The highest BCUT2D eigenvalue weighted by Gasteiger charge is 2.21. The Labute approximate surface area is 119 Å². The van der Waals surface area contributed by atoms with Gasteiger partial charge in [-0.15, -0.1) is 0 Å². The molecule has 1 aromatic carbocycles. The van der Waals surface area contributed by atoms with Crippen molar-refractivity contribution in [1.82, 2.24) is 4.90 Å². The second kappa shape index (κ2) is 6.07. The molecule has 2 rings (SSSR count). The first-order chi connectivity index (χ1) is 9.47. The molecule has 108 valence electrons. The summed E-state index contributed by atoms with van der Waals surface area (Å²) in [5.41, 5.74) is 1.42. The molecule has 0 heterocycles. The first-order valence-electron chi connectivity index (χ1n) is 7.08. The van der Waals surface area contributed by atoms with Crippen LogP contribution in [0.1, 0.15) is 52.0 Å². The number of hydrogen-bond donors (Lipinski definition) is 1. The van der Waals surface area contributed by atoms with Crippen LogP contribution in [0.25, 0.3) is 0 Å². The van der Waals surface area contributed by atoms with Gasteiger partial charge in [-0.1, -0.05) is 12.8 Å². The number of benzene rings is 1. The highest BCUT2D eigenvalue weighted by atomic mass is 16.4. The Morgan fingerprint density at radius 1 is 1.20 bits per heavy atom. The second-order valence-electron chi connectivity index (χ2n) is 5.73. The van der Waals surface area contributed by atoms with Crippen molar-refractivity contribution in [3.05, 3.63) is 34.9 Å². The molecule has 0 atom stereocenters. The highest BCUT2D eigenvalue weighted by molar-refractivity contribution is 5.97. The number of carbonyl (C=O) groups excluding carboxylic acids is 1. The molecule has 1 fully saturated rings. The molecule has 1 aliphatic rings. The Morgan fingerprint density at radius 2 is 1.80 bits per heavy atom. The van der Waals surface area contributed by atoms with Crippen LogP contribution in [-0.2, 0) is 0 Å². The number of carbonyl (C=O) groups is 2. The van der Waals surface area contributed by atoms with Gasteiger partial charge in [0.05, 0.1) is 5.56 Å². The van der Waals surface area contributed by atoms with Crippen molar-refractivity contribution in [2.45, 2.75) is 32.6 Å². The lowest BCUT2D eigenvalue weighted by molar-refractivity contribution is 0.0696. The molecule has 1 aromatic rings. The number of hydrogen-bond acceptors (Lipinski definition) is 2. The maximum atomic E-state index is 12.4. The van der Waals surface area contributed by atoms with Gasteiger partial charge in [-0.05, 0) is 49.4 Å². The van der Waals surface area contributed by atoms with Crippen LogP contribution in [0.4, 0.5) is 0 Å². The fourth-order valence-corrected chi connectivity index (χ4v) is 2.91. The molecule has 0 bridgehead atoms. The van der Waals surface area contributed by atoms with Gasteiger partial charge in [0, 0.05) is 19.2 Å². The van der Waals surface area contributed by atoms with Crippen molar-refractivity contribution >= 4 is 11.9 Å². The molecule has 0 unspecified atom stereocenters. The zero-order valence-electron chi connectivity index (χ0n) is 12.1. The number of aromatic carboxylic acids is 1. The van der Waals surface area contributed by atoms with Gasteiger partial charge >= 0.3 is 5.97 Å². The summed E-state index contributed by atoms with van der Waals surface area (Å²) in [5.74, 6) is -0.503. The average molecular weight is 275 g/mol. The van der Waals surface area contributed by atoms with Gasteiger partial charge in [0.2, 0.25) is 0 Å². The molecule has 0 saturated heterocycles. The van der Waals surface area contributed by atoms with E-state index in [9.17, 15) is 9.59 Å². The van der Waals surface area contributed by atoms with E-state index in [1.165, 1.54) is 31.7 Å². The molecule has 0 aromatic heterocycles. The van der Waals surface area contributed by atoms with E-state index < -0.39 is 5.97 Å². The van der Waals surface area contributed by atoms with Gasteiger partial charge < -0.3 is 10.0 Å². The molecule has 0 spiro atoms. The molecule has 20 heavy (non-hydrogen) atoms. The Kier molecular flexibility index (Phi) is 4.42. The lowest BCUT2D eigenvalue weighted by Crippen LogP contribution is -2.31. The zero-order chi connectivity index (χ0) is 14.7. The predicted molar refractivity (Wildman–Crippen MR) is 77.1 cm³/mol. The minimum Gasteiger partial charge on any atom is -0.478 e. The van der Waals surface area contributed by atoms with Gasteiger partial charge in [0.25, 0.3) is 5.91 Å². The van der Waals surface area contributed by atoms with Crippen molar-refractivity contribution < 1.29 is 14.7 Å². The third-order valence-electron chi connectivity index (χ3n) is 3.92. The molecular weight excluding hydrogens is 254 g/mol. The standard InChI is InChI=1S/C16H21NO3/c1-11-7-13(9-14(8-11)16(19)20)15(18)17(2)10-12-5-3-4-6-12/h7-9,12H,3-6,10H2,1-2H3,(H,19,20). The molecular formula is C16H21NO3. The first-order valence-corrected chi connectivity index (χ1v) is 7.08. The predicted octanol–water partition coefficient (Wildman–Crippen LogP) is 2.96. The number of carboxylic acids is 1. The summed E-state index contributed by atoms with van der Waals surface area (Å²) in [4.78, 5) is 25.2.